The third-order valence-corrected chi connectivity index (χ3v) is 5.56. The highest BCUT2D eigenvalue weighted by atomic mass is 16.5. The van der Waals surface area contributed by atoms with E-state index in [0.717, 1.165) is 45.4 Å². The number of aromatic nitrogens is 6. The van der Waals surface area contributed by atoms with Crippen LogP contribution in [0.5, 0.6) is 11.5 Å². The molecular formula is C28H20N6O. The van der Waals surface area contributed by atoms with Gasteiger partial charge in [0.15, 0.2) is 23.3 Å². The molecule has 0 unspecified atom stereocenters. The van der Waals surface area contributed by atoms with Crippen molar-refractivity contribution in [3.63, 3.8) is 0 Å². The topological polar surface area (TPSA) is 92.4 Å². The molecule has 4 aromatic carbocycles. The van der Waals surface area contributed by atoms with Crippen LogP contribution < -0.4 is 4.74 Å². The normalized spacial score (nSPS) is 10.9. The first-order valence-corrected chi connectivity index (χ1v) is 11.2. The van der Waals surface area contributed by atoms with E-state index in [1.807, 2.05) is 109 Å². The Balaban J connectivity index is 1.14. The summed E-state index contributed by atoms with van der Waals surface area (Å²) < 4.78 is 6.02. The zero-order chi connectivity index (χ0) is 23.5. The molecule has 0 amide bonds. The molecule has 6 aromatic rings. The molecule has 2 heterocycles. The molecule has 2 N–H and O–H groups in total. The number of aromatic amines is 2. The monoisotopic (exact) mass is 456 g/mol. The Labute approximate surface area is 201 Å². The maximum atomic E-state index is 6.02. The average molecular weight is 457 g/mol. The van der Waals surface area contributed by atoms with Crippen LogP contribution in [0.3, 0.4) is 0 Å². The Bertz CT molecular complexity index is 1420. The van der Waals surface area contributed by atoms with Gasteiger partial charge in [-0.1, -0.05) is 60.7 Å². The van der Waals surface area contributed by atoms with E-state index in [-0.39, 0.29) is 0 Å². The summed E-state index contributed by atoms with van der Waals surface area (Å²) in [4.78, 5) is 6.54. The Kier molecular flexibility index (Phi) is 5.33. The lowest BCUT2D eigenvalue weighted by atomic mass is 10.2. The Morgan fingerprint density at radius 2 is 0.686 bits per heavy atom. The van der Waals surface area contributed by atoms with Crippen LogP contribution in [0.1, 0.15) is 0 Å². The number of hydrogen-bond acceptors (Lipinski definition) is 5. The van der Waals surface area contributed by atoms with Crippen molar-refractivity contribution in [1.82, 2.24) is 30.4 Å². The fourth-order valence-electron chi connectivity index (χ4n) is 3.73. The van der Waals surface area contributed by atoms with E-state index in [1.165, 1.54) is 0 Å². The van der Waals surface area contributed by atoms with E-state index >= 15 is 0 Å². The van der Waals surface area contributed by atoms with Crippen molar-refractivity contribution in [3.05, 3.63) is 109 Å². The molecule has 0 saturated heterocycles. The van der Waals surface area contributed by atoms with Crippen molar-refractivity contribution in [2.45, 2.75) is 0 Å². The highest BCUT2D eigenvalue weighted by Crippen LogP contribution is 2.27. The van der Waals surface area contributed by atoms with E-state index in [9.17, 15) is 0 Å². The second-order valence-electron chi connectivity index (χ2n) is 7.93. The van der Waals surface area contributed by atoms with Gasteiger partial charge in [0.2, 0.25) is 0 Å². The molecule has 2 aromatic heterocycles. The van der Waals surface area contributed by atoms with Crippen molar-refractivity contribution in [3.8, 4) is 57.1 Å². The van der Waals surface area contributed by atoms with Crippen molar-refractivity contribution in [1.29, 1.82) is 0 Å². The molecule has 0 atom stereocenters. The molecule has 7 heteroatoms. The third-order valence-electron chi connectivity index (χ3n) is 5.56. The molecule has 35 heavy (non-hydrogen) atoms. The number of ether oxygens (including phenoxy) is 1. The predicted molar refractivity (Wildman–Crippen MR) is 135 cm³/mol. The van der Waals surface area contributed by atoms with E-state index < -0.39 is 0 Å². The molecule has 6 rings (SSSR count). The first kappa shape index (κ1) is 20.6. The van der Waals surface area contributed by atoms with Gasteiger partial charge in [0.25, 0.3) is 0 Å². The largest absolute Gasteiger partial charge is 0.457 e. The van der Waals surface area contributed by atoms with Crippen LogP contribution in [-0.4, -0.2) is 30.4 Å². The van der Waals surface area contributed by atoms with Gasteiger partial charge in [-0.25, -0.2) is 0 Å². The number of rotatable bonds is 6. The Hall–Kier alpha value is -5.04. The van der Waals surface area contributed by atoms with Gasteiger partial charge in [-0.05, 0) is 48.5 Å². The van der Waals surface area contributed by atoms with Gasteiger partial charge < -0.3 is 14.7 Å². The Morgan fingerprint density at radius 3 is 1.03 bits per heavy atom. The molecule has 0 aliphatic carbocycles. The summed E-state index contributed by atoms with van der Waals surface area (Å²) in [5.41, 5.74) is 3.86. The van der Waals surface area contributed by atoms with Gasteiger partial charge in [0.1, 0.15) is 11.5 Å². The van der Waals surface area contributed by atoms with Gasteiger partial charge in [-0.2, -0.15) is 0 Å². The number of nitrogens with one attached hydrogen (secondary N) is 2. The number of H-pyrrole nitrogens is 2. The molecule has 7 nitrogen and oxygen atoms in total. The van der Waals surface area contributed by atoms with Gasteiger partial charge in [0, 0.05) is 22.3 Å². The van der Waals surface area contributed by atoms with E-state index in [2.05, 4.69) is 30.4 Å². The fourth-order valence-corrected chi connectivity index (χ4v) is 3.73. The summed E-state index contributed by atoms with van der Waals surface area (Å²) in [7, 11) is 0. The summed E-state index contributed by atoms with van der Waals surface area (Å²) in [6, 6.07) is 35.3. The smallest absolute Gasteiger partial charge is 0.161 e. The van der Waals surface area contributed by atoms with Gasteiger partial charge in [0.05, 0.1) is 0 Å². The molecule has 0 spiro atoms. The average Bonchev–Trinajstić information content (AvgIpc) is 3.62. The first-order valence-electron chi connectivity index (χ1n) is 11.2. The molecule has 0 aliphatic rings. The molecule has 0 saturated carbocycles. The van der Waals surface area contributed by atoms with Crippen molar-refractivity contribution in [2.24, 2.45) is 0 Å². The molecule has 0 bridgehead atoms. The highest BCUT2D eigenvalue weighted by Gasteiger charge is 2.09. The van der Waals surface area contributed by atoms with Crippen LogP contribution in [0, 0.1) is 0 Å². The molecular weight excluding hydrogens is 436 g/mol. The minimum absolute atomic E-state index is 0.710. The minimum atomic E-state index is 0.710. The van der Waals surface area contributed by atoms with E-state index in [0.29, 0.717) is 11.6 Å². The second-order valence-corrected chi connectivity index (χ2v) is 7.93. The van der Waals surface area contributed by atoms with Gasteiger partial charge in [-0.3, -0.25) is 0 Å². The lowest BCUT2D eigenvalue weighted by molar-refractivity contribution is 0.483. The fraction of sp³-hybridized carbons (Fsp3) is 0. The van der Waals surface area contributed by atoms with Crippen molar-refractivity contribution in [2.75, 3.05) is 0 Å². The quantitative estimate of drug-likeness (QED) is 0.303. The van der Waals surface area contributed by atoms with Crippen LogP contribution in [-0.2, 0) is 0 Å². The highest BCUT2D eigenvalue weighted by molar-refractivity contribution is 5.63. The number of hydrogen-bond donors (Lipinski definition) is 2. The summed E-state index contributed by atoms with van der Waals surface area (Å²) in [6.07, 6.45) is 0. The molecule has 168 valence electrons. The lowest BCUT2D eigenvalue weighted by Gasteiger charge is -2.07. The maximum Gasteiger partial charge on any atom is 0.161 e. The van der Waals surface area contributed by atoms with Crippen LogP contribution >= 0.6 is 0 Å². The zero-order valence-corrected chi connectivity index (χ0v) is 18.6. The second kappa shape index (κ2) is 9.07. The van der Waals surface area contributed by atoms with E-state index in [4.69, 9.17) is 4.74 Å². The standard InChI is InChI=1S/C28H20N6O/c1-3-7-19(8-4-1)25-29-27(33-31-25)21-11-15-23(16-12-21)35-24-17-13-22(14-18-24)28-30-26(32-34-28)20-9-5-2-6-10-20/h1-18H,(H,29,31,33)(H,30,32,34). The van der Waals surface area contributed by atoms with Crippen LogP contribution in [0.2, 0.25) is 0 Å². The Morgan fingerprint density at radius 1 is 0.371 bits per heavy atom. The lowest BCUT2D eigenvalue weighted by Crippen LogP contribution is -1.87. The third kappa shape index (κ3) is 4.43. The summed E-state index contributed by atoms with van der Waals surface area (Å²) >= 11 is 0. The summed E-state index contributed by atoms with van der Waals surface area (Å²) in [5.74, 6) is 4.36. The van der Waals surface area contributed by atoms with Gasteiger partial charge >= 0.3 is 0 Å². The number of benzene rings is 4. The minimum Gasteiger partial charge on any atom is -0.457 e. The van der Waals surface area contributed by atoms with Crippen molar-refractivity contribution >= 4 is 0 Å². The molecule has 0 fully saturated rings. The maximum absolute atomic E-state index is 6.02. The summed E-state index contributed by atoms with van der Waals surface area (Å²) in [5, 5.41) is 17.1. The zero-order valence-electron chi connectivity index (χ0n) is 18.6. The van der Waals surface area contributed by atoms with Crippen LogP contribution in [0.15, 0.2) is 109 Å². The first-order chi connectivity index (χ1) is 17.3. The molecule has 0 radical (unpaired) electrons. The van der Waals surface area contributed by atoms with Crippen LogP contribution in [0.4, 0.5) is 0 Å². The number of nitrogens with zero attached hydrogens (tertiary/aromatic N) is 4. The van der Waals surface area contributed by atoms with Crippen LogP contribution in [0.25, 0.3) is 45.6 Å². The summed E-state index contributed by atoms with van der Waals surface area (Å²) in [6.45, 7) is 0. The predicted octanol–water partition coefficient (Wildman–Crippen LogP) is 6.38. The molecule has 0 aliphatic heterocycles. The van der Waals surface area contributed by atoms with Gasteiger partial charge in [-0.15, -0.1) is 20.4 Å². The SMILES string of the molecule is c1ccc(-c2nnc(-c3ccc(Oc4ccc(-c5nnc(-c6ccccc6)[nH]5)cc4)cc3)[nH]2)cc1. The van der Waals surface area contributed by atoms with E-state index in [1.54, 1.807) is 0 Å². The van der Waals surface area contributed by atoms with Crippen molar-refractivity contribution < 1.29 is 4.74 Å².